The summed E-state index contributed by atoms with van der Waals surface area (Å²) in [5.74, 6) is -3.41. The van der Waals surface area contributed by atoms with Crippen molar-refractivity contribution in [2.75, 3.05) is 12.9 Å². The van der Waals surface area contributed by atoms with Crippen molar-refractivity contribution in [1.82, 2.24) is 0 Å². The monoisotopic (exact) mass is 411 g/mol. The first-order valence-corrected chi connectivity index (χ1v) is 10.6. The molecule has 0 aromatic heterocycles. The average Bonchev–Trinajstić information content (AvgIpc) is 2.63. The van der Waals surface area contributed by atoms with E-state index in [0.29, 0.717) is 18.9 Å². The lowest BCUT2D eigenvalue weighted by atomic mass is 9.81. The highest BCUT2D eigenvalue weighted by atomic mass is 32.2. The molecule has 2 aromatic carbocycles. The van der Waals surface area contributed by atoms with E-state index in [-0.39, 0.29) is 22.8 Å². The van der Waals surface area contributed by atoms with Gasteiger partial charge in [-0.3, -0.25) is 0 Å². The number of para-hydroxylation sites is 1. The quantitative estimate of drug-likeness (QED) is 0.602. The summed E-state index contributed by atoms with van der Waals surface area (Å²) in [6.07, 6.45) is 3.63. The first-order valence-electron chi connectivity index (χ1n) is 8.66. The van der Waals surface area contributed by atoms with Crippen molar-refractivity contribution in [2.45, 2.75) is 29.7 Å². The van der Waals surface area contributed by atoms with Crippen molar-refractivity contribution in [1.29, 1.82) is 0 Å². The normalized spacial score (nSPS) is 20.0. The predicted octanol–water partition coefficient (Wildman–Crippen LogP) is 3.72. The maximum absolute atomic E-state index is 14.0. The summed E-state index contributed by atoms with van der Waals surface area (Å²) in [6.45, 7) is 0.132. The molecule has 0 amide bonds. The molecule has 4 nitrogen and oxygen atoms in total. The molecule has 1 aliphatic rings. The smallest absolute Gasteiger partial charge is 0.179 e. The minimum Gasteiger partial charge on any atom is -0.488 e. The molecule has 0 heterocycles. The van der Waals surface area contributed by atoms with E-state index in [9.17, 15) is 21.6 Å². The third-order valence-electron chi connectivity index (χ3n) is 4.78. The summed E-state index contributed by atoms with van der Waals surface area (Å²) in [5.41, 5.74) is 7.03. The zero-order valence-corrected chi connectivity index (χ0v) is 16.0. The Morgan fingerprint density at radius 2 is 1.79 bits per heavy atom. The van der Waals surface area contributed by atoms with Gasteiger partial charge in [0, 0.05) is 24.3 Å². The standard InChI is InChI=1S/C20H20F3NO3S/c1-28(25,26)20-5-3-2-4-19(20)27-11-12-6-7-13(18(24)8-12)14-9-16(22)17(23)10-15(14)21/h2-6,9-10,13,18H,7-8,11,24H2,1H3/t13-,18+/m0/s1. The largest absolute Gasteiger partial charge is 0.488 e. The molecule has 150 valence electrons. The van der Waals surface area contributed by atoms with E-state index in [1.165, 1.54) is 6.07 Å². The SMILES string of the molecule is CS(=O)(=O)c1ccccc1OCC1=CC[C@@H](c2cc(F)c(F)cc2F)[C@H](N)C1. The molecule has 0 aliphatic heterocycles. The lowest BCUT2D eigenvalue weighted by Gasteiger charge is -2.29. The molecule has 2 aromatic rings. The molecule has 2 atom stereocenters. The van der Waals surface area contributed by atoms with Gasteiger partial charge >= 0.3 is 0 Å². The molecule has 0 saturated carbocycles. The minimum absolute atomic E-state index is 0.0463. The second-order valence-electron chi connectivity index (χ2n) is 6.87. The first kappa shape index (κ1) is 20.4. The Morgan fingerprint density at radius 1 is 1.11 bits per heavy atom. The Morgan fingerprint density at radius 3 is 2.46 bits per heavy atom. The van der Waals surface area contributed by atoms with E-state index in [1.807, 2.05) is 6.08 Å². The average molecular weight is 411 g/mol. The highest BCUT2D eigenvalue weighted by Crippen LogP contribution is 2.34. The highest BCUT2D eigenvalue weighted by Gasteiger charge is 2.28. The molecule has 0 saturated heterocycles. The maximum Gasteiger partial charge on any atom is 0.179 e. The number of ether oxygens (including phenoxy) is 1. The Hall–Kier alpha value is -2.32. The van der Waals surface area contributed by atoms with E-state index < -0.39 is 39.2 Å². The molecule has 0 unspecified atom stereocenters. The van der Waals surface area contributed by atoms with Gasteiger partial charge in [0.05, 0.1) is 0 Å². The molecule has 3 rings (SSSR count). The topological polar surface area (TPSA) is 69.4 Å². The van der Waals surface area contributed by atoms with E-state index in [1.54, 1.807) is 18.2 Å². The first-order chi connectivity index (χ1) is 13.2. The third-order valence-corrected chi connectivity index (χ3v) is 5.91. The third kappa shape index (κ3) is 4.39. The molecule has 0 radical (unpaired) electrons. The lowest BCUT2D eigenvalue weighted by molar-refractivity contribution is 0.327. The van der Waals surface area contributed by atoms with E-state index in [2.05, 4.69) is 0 Å². The predicted molar refractivity (Wildman–Crippen MR) is 99.4 cm³/mol. The van der Waals surface area contributed by atoms with Gasteiger partial charge in [-0.05, 0) is 42.2 Å². The summed E-state index contributed by atoms with van der Waals surface area (Å²) in [5, 5.41) is 0. The van der Waals surface area contributed by atoms with Crippen LogP contribution in [0.2, 0.25) is 0 Å². The Bertz CT molecular complexity index is 1020. The Balaban J connectivity index is 1.74. The Labute approximate surface area is 161 Å². The molecular weight excluding hydrogens is 391 g/mol. The number of nitrogens with two attached hydrogens (primary N) is 1. The molecule has 0 spiro atoms. The van der Waals surface area contributed by atoms with Crippen LogP contribution >= 0.6 is 0 Å². The highest BCUT2D eigenvalue weighted by molar-refractivity contribution is 7.90. The molecule has 28 heavy (non-hydrogen) atoms. The van der Waals surface area contributed by atoms with E-state index in [4.69, 9.17) is 10.5 Å². The Kier molecular flexibility index (Phi) is 5.81. The molecule has 0 fully saturated rings. The zero-order chi connectivity index (χ0) is 20.5. The number of hydrogen-bond donors (Lipinski definition) is 1. The van der Waals surface area contributed by atoms with Gasteiger partial charge in [-0.2, -0.15) is 0 Å². The fourth-order valence-electron chi connectivity index (χ4n) is 3.34. The van der Waals surface area contributed by atoms with Crippen LogP contribution in [0.1, 0.15) is 24.3 Å². The summed E-state index contributed by atoms with van der Waals surface area (Å²) >= 11 is 0. The summed E-state index contributed by atoms with van der Waals surface area (Å²) in [7, 11) is -3.43. The van der Waals surface area contributed by atoms with Crippen LogP contribution in [0.15, 0.2) is 52.9 Å². The number of benzene rings is 2. The maximum atomic E-state index is 14.0. The fourth-order valence-corrected chi connectivity index (χ4v) is 4.16. The molecular formula is C20H20F3NO3S. The van der Waals surface area contributed by atoms with E-state index in [0.717, 1.165) is 17.9 Å². The number of hydrogen-bond acceptors (Lipinski definition) is 4. The van der Waals surface area contributed by atoms with Crippen LogP contribution in [0.4, 0.5) is 13.2 Å². The van der Waals surface area contributed by atoms with Crippen LogP contribution in [0.25, 0.3) is 0 Å². The fraction of sp³-hybridized carbons (Fsp3) is 0.300. The van der Waals surface area contributed by atoms with Crippen LogP contribution < -0.4 is 10.5 Å². The van der Waals surface area contributed by atoms with Crippen molar-refractivity contribution < 1.29 is 26.3 Å². The zero-order valence-electron chi connectivity index (χ0n) is 15.2. The second-order valence-corrected chi connectivity index (χ2v) is 8.85. The van der Waals surface area contributed by atoms with Gasteiger partial charge in [0.1, 0.15) is 23.1 Å². The number of halogens is 3. The van der Waals surface area contributed by atoms with Gasteiger partial charge < -0.3 is 10.5 Å². The van der Waals surface area contributed by atoms with Gasteiger partial charge in [0.15, 0.2) is 21.5 Å². The minimum atomic E-state index is -3.43. The molecule has 0 bridgehead atoms. The van der Waals surface area contributed by atoms with Gasteiger partial charge in [-0.25, -0.2) is 21.6 Å². The van der Waals surface area contributed by atoms with Crippen molar-refractivity contribution in [3.8, 4) is 5.75 Å². The van der Waals surface area contributed by atoms with Crippen molar-refractivity contribution >= 4 is 9.84 Å². The summed E-state index contributed by atoms with van der Waals surface area (Å²) in [6, 6.07) is 7.20. The van der Waals surface area contributed by atoms with E-state index >= 15 is 0 Å². The molecule has 8 heteroatoms. The van der Waals surface area contributed by atoms with Crippen molar-refractivity contribution in [3.63, 3.8) is 0 Å². The second kappa shape index (κ2) is 7.97. The van der Waals surface area contributed by atoms with Gasteiger partial charge in [-0.15, -0.1) is 0 Å². The summed E-state index contributed by atoms with van der Waals surface area (Å²) < 4.78 is 70.0. The number of sulfone groups is 1. The van der Waals surface area contributed by atoms with Crippen molar-refractivity contribution in [2.24, 2.45) is 5.73 Å². The van der Waals surface area contributed by atoms with Crippen molar-refractivity contribution in [3.05, 3.63) is 71.1 Å². The van der Waals surface area contributed by atoms with Crippen LogP contribution in [0, 0.1) is 17.5 Å². The van der Waals surface area contributed by atoms with Crippen LogP contribution in [-0.4, -0.2) is 27.3 Å². The number of rotatable bonds is 5. The van der Waals surface area contributed by atoms with Crippen LogP contribution in [0.5, 0.6) is 5.75 Å². The van der Waals surface area contributed by atoms with Crippen LogP contribution in [-0.2, 0) is 9.84 Å². The van der Waals surface area contributed by atoms with Crippen LogP contribution in [0.3, 0.4) is 0 Å². The van der Waals surface area contributed by atoms with Gasteiger partial charge in [-0.1, -0.05) is 18.2 Å². The molecule has 2 N–H and O–H groups in total. The summed E-state index contributed by atoms with van der Waals surface area (Å²) in [4.78, 5) is 0.0949. The van der Waals surface area contributed by atoms with Gasteiger partial charge in [0.25, 0.3) is 0 Å². The molecule has 1 aliphatic carbocycles. The van der Waals surface area contributed by atoms with Gasteiger partial charge in [0.2, 0.25) is 0 Å². The number of allylic oxidation sites excluding steroid dienone is 1. The lowest BCUT2D eigenvalue weighted by Crippen LogP contribution is -2.33.